The van der Waals surface area contributed by atoms with Crippen LogP contribution in [0, 0.1) is 5.92 Å². The van der Waals surface area contributed by atoms with Crippen LogP contribution in [-0.4, -0.2) is 5.71 Å². The van der Waals surface area contributed by atoms with Gasteiger partial charge in [0.05, 0.1) is 0 Å². The van der Waals surface area contributed by atoms with Gasteiger partial charge < -0.3 is 0 Å². The Kier molecular flexibility index (Phi) is 4.92. The van der Waals surface area contributed by atoms with Gasteiger partial charge in [-0.25, -0.2) is 0 Å². The largest absolute Gasteiger partial charge is 0.266 e. The van der Waals surface area contributed by atoms with Gasteiger partial charge >= 0.3 is 0 Å². The zero-order valence-electron chi connectivity index (χ0n) is 9.84. The fourth-order valence-corrected chi connectivity index (χ4v) is 1.76. The average Bonchev–Trinajstić information content (AvgIpc) is 2.06. The van der Waals surface area contributed by atoms with E-state index in [1.165, 1.54) is 49.8 Å². The van der Waals surface area contributed by atoms with E-state index in [0.717, 1.165) is 5.92 Å². The van der Waals surface area contributed by atoms with Crippen molar-refractivity contribution in [3.05, 3.63) is 11.8 Å². The van der Waals surface area contributed by atoms with Crippen LogP contribution in [0.4, 0.5) is 0 Å². The molecule has 1 aliphatic rings. The molecule has 1 rings (SSSR count). The van der Waals surface area contributed by atoms with Crippen molar-refractivity contribution in [1.82, 2.24) is 0 Å². The van der Waals surface area contributed by atoms with Gasteiger partial charge in [0.25, 0.3) is 0 Å². The molecular formula is C13H23N. The van der Waals surface area contributed by atoms with Crippen LogP contribution < -0.4 is 0 Å². The first kappa shape index (κ1) is 11.5. The monoisotopic (exact) mass is 193 g/mol. The summed E-state index contributed by atoms with van der Waals surface area (Å²) in [5.74, 6) is 0.950. The van der Waals surface area contributed by atoms with Crippen LogP contribution in [-0.2, 0) is 0 Å². The molecule has 0 heterocycles. The van der Waals surface area contributed by atoms with E-state index in [9.17, 15) is 0 Å². The van der Waals surface area contributed by atoms with E-state index in [2.05, 4.69) is 25.8 Å². The van der Waals surface area contributed by atoms with Crippen molar-refractivity contribution in [2.75, 3.05) is 0 Å². The average molecular weight is 193 g/mol. The van der Waals surface area contributed by atoms with Crippen molar-refractivity contribution in [2.45, 2.75) is 59.3 Å². The standard InChI is InChI=1S/C13H23N/c1-4-6-13(14-10-11(2)3)9-12-7-5-8-12/h10,12H,4-9H2,1-3H3. The molecule has 0 N–H and O–H groups in total. The van der Waals surface area contributed by atoms with Gasteiger partial charge in [0.15, 0.2) is 0 Å². The van der Waals surface area contributed by atoms with Crippen LogP contribution in [0.15, 0.2) is 16.8 Å². The highest BCUT2D eigenvalue weighted by atomic mass is 14.7. The number of hydrogen-bond acceptors (Lipinski definition) is 1. The molecule has 0 unspecified atom stereocenters. The summed E-state index contributed by atoms with van der Waals surface area (Å²) in [6.07, 6.45) is 9.96. The fourth-order valence-electron chi connectivity index (χ4n) is 1.76. The van der Waals surface area contributed by atoms with E-state index >= 15 is 0 Å². The summed E-state index contributed by atoms with van der Waals surface area (Å²) >= 11 is 0. The van der Waals surface area contributed by atoms with Gasteiger partial charge in [0.1, 0.15) is 0 Å². The summed E-state index contributed by atoms with van der Waals surface area (Å²) < 4.78 is 0. The number of aliphatic imine (C=N–C) groups is 1. The maximum Gasteiger partial charge on any atom is 0.0253 e. The molecular weight excluding hydrogens is 170 g/mol. The second-order valence-corrected chi connectivity index (χ2v) is 4.65. The maximum absolute atomic E-state index is 4.59. The molecule has 0 bridgehead atoms. The van der Waals surface area contributed by atoms with Crippen molar-refractivity contribution in [1.29, 1.82) is 0 Å². The lowest BCUT2D eigenvalue weighted by Crippen LogP contribution is -2.15. The highest BCUT2D eigenvalue weighted by molar-refractivity contribution is 5.85. The number of rotatable bonds is 5. The van der Waals surface area contributed by atoms with Gasteiger partial charge in [-0.05, 0) is 32.6 Å². The Balaban J connectivity index is 2.44. The lowest BCUT2D eigenvalue weighted by molar-refractivity contribution is 0.325. The van der Waals surface area contributed by atoms with Crippen molar-refractivity contribution in [3.63, 3.8) is 0 Å². The van der Waals surface area contributed by atoms with Crippen LogP contribution in [0.1, 0.15) is 59.3 Å². The molecule has 0 aromatic carbocycles. The lowest BCUT2D eigenvalue weighted by atomic mass is 9.81. The van der Waals surface area contributed by atoms with Crippen molar-refractivity contribution in [3.8, 4) is 0 Å². The van der Waals surface area contributed by atoms with Crippen LogP contribution in [0.2, 0.25) is 0 Å². The molecule has 0 amide bonds. The third-order valence-electron chi connectivity index (χ3n) is 2.79. The Morgan fingerprint density at radius 2 is 2.07 bits per heavy atom. The minimum absolute atomic E-state index is 0.950. The molecule has 80 valence electrons. The molecule has 1 fully saturated rings. The first-order valence-corrected chi connectivity index (χ1v) is 5.91. The van der Waals surface area contributed by atoms with E-state index in [0.29, 0.717) is 0 Å². The van der Waals surface area contributed by atoms with Gasteiger partial charge in [0, 0.05) is 11.9 Å². The van der Waals surface area contributed by atoms with E-state index in [1.54, 1.807) is 0 Å². The molecule has 1 heteroatoms. The van der Waals surface area contributed by atoms with Crippen LogP contribution >= 0.6 is 0 Å². The lowest BCUT2D eigenvalue weighted by Gasteiger charge is -2.25. The van der Waals surface area contributed by atoms with Gasteiger partial charge in [0.2, 0.25) is 0 Å². The SMILES string of the molecule is CCCC(CC1CCC1)=NC=C(C)C. The van der Waals surface area contributed by atoms with Crippen molar-refractivity contribution < 1.29 is 0 Å². The van der Waals surface area contributed by atoms with Crippen molar-refractivity contribution >= 4 is 5.71 Å². The molecule has 1 nitrogen and oxygen atoms in total. The molecule has 0 aliphatic heterocycles. The molecule has 0 radical (unpaired) electrons. The predicted molar refractivity (Wildman–Crippen MR) is 63.7 cm³/mol. The van der Waals surface area contributed by atoms with Gasteiger partial charge in [-0.1, -0.05) is 38.2 Å². The highest BCUT2D eigenvalue weighted by Gasteiger charge is 2.18. The normalized spacial score (nSPS) is 17.8. The third-order valence-corrected chi connectivity index (χ3v) is 2.79. The van der Waals surface area contributed by atoms with Gasteiger partial charge in [-0.3, -0.25) is 4.99 Å². The maximum atomic E-state index is 4.59. The summed E-state index contributed by atoms with van der Waals surface area (Å²) in [5, 5.41) is 0. The number of nitrogens with zero attached hydrogens (tertiary/aromatic N) is 1. The quantitative estimate of drug-likeness (QED) is 0.576. The Hall–Kier alpha value is -0.590. The molecule has 0 saturated heterocycles. The fraction of sp³-hybridized carbons (Fsp3) is 0.769. The predicted octanol–water partition coefficient (Wildman–Crippen LogP) is 4.34. The Bertz CT molecular complexity index is 217. The molecule has 0 atom stereocenters. The molecule has 1 aliphatic carbocycles. The van der Waals surface area contributed by atoms with Crippen LogP contribution in [0.5, 0.6) is 0 Å². The first-order valence-electron chi connectivity index (χ1n) is 5.91. The summed E-state index contributed by atoms with van der Waals surface area (Å²) in [5.41, 5.74) is 2.71. The summed E-state index contributed by atoms with van der Waals surface area (Å²) in [4.78, 5) is 4.59. The molecule has 1 saturated carbocycles. The second-order valence-electron chi connectivity index (χ2n) is 4.65. The number of hydrogen-bond donors (Lipinski definition) is 0. The summed E-state index contributed by atoms with van der Waals surface area (Å²) in [7, 11) is 0. The Labute approximate surface area is 88.3 Å². The van der Waals surface area contributed by atoms with Crippen LogP contribution in [0.3, 0.4) is 0 Å². The van der Waals surface area contributed by atoms with Crippen LogP contribution in [0.25, 0.3) is 0 Å². The highest BCUT2D eigenvalue weighted by Crippen LogP contribution is 2.30. The van der Waals surface area contributed by atoms with Crippen molar-refractivity contribution in [2.24, 2.45) is 10.9 Å². The molecule has 0 spiro atoms. The molecule has 0 aromatic heterocycles. The van der Waals surface area contributed by atoms with Gasteiger partial charge in [-0.2, -0.15) is 0 Å². The Morgan fingerprint density at radius 1 is 1.36 bits per heavy atom. The minimum atomic E-state index is 0.950. The minimum Gasteiger partial charge on any atom is -0.266 e. The van der Waals surface area contributed by atoms with E-state index in [-0.39, 0.29) is 0 Å². The smallest absolute Gasteiger partial charge is 0.0253 e. The number of allylic oxidation sites excluding steroid dienone is 1. The first-order chi connectivity index (χ1) is 6.72. The molecule has 14 heavy (non-hydrogen) atoms. The second kappa shape index (κ2) is 6.00. The summed E-state index contributed by atoms with van der Waals surface area (Å²) in [6.45, 7) is 6.45. The van der Waals surface area contributed by atoms with E-state index in [4.69, 9.17) is 0 Å². The Morgan fingerprint density at radius 3 is 2.50 bits per heavy atom. The zero-order chi connectivity index (χ0) is 10.4. The summed E-state index contributed by atoms with van der Waals surface area (Å²) in [6, 6.07) is 0. The zero-order valence-corrected chi connectivity index (χ0v) is 9.84. The topological polar surface area (TPSA) is 12.4 Å². The van der Waals surface area contributed by atoms with E-state index in [1.807, 2.05) is 6.20 Å². The third kappa shape index (κ3) is 4.08. The molecule has 0 aromatic rings. The van der Waals surface area contributed by atoms with E-state index < -0.39 is 0 Å². The van der Waals surface area contributed by atoms with Gasteiger partial charge in [-0.15, -0.1) is 0 Å².